The second-order valence-electron chi connectivity index (χ2n) is 5.87. The summed E-state index contributed by atoms with van der Waals surface area (Å²) in [6.45, 7) is 10.1. The van der Waals surface area contributed by atoms with E-state index in [2.05, 4.69) is 68.0 Å². The summed E-state index contributed by atoms with van der Waals surface area (Å²) in [5, 5.41) is 9.72. The maximum Gasteiger partial charge on any atom is 0.202 e. The molecule has 3 rings (SSSR count). The molecule has 5 nitrogen and oxygen atoms in total. The lowest BCUT2D eigenvalue weighted by Crippen LogP contribution is -2.21. The third kappa shape index (κ3) is 6.04. The first kappa shape index (κ1) is 21.9. The first-order chi connectivity index (χ1) is 13.0. The maximum absolute atomic E-state index is 9.72. The number of amidine groups is 1. The molecular formula is C20H25Br2N3O2. The molecule has 0 saturated heterocycles. The standard InChI is InChI=1S/C14H10Br2N2O2.C6H15N/c15-10-6-9(7-11(16)12(10)19)14-17-13(18-20-14)8-4-2-1-3-5-8;1-4-7(5-2)6-3/h1-7,14,19H,(H,17,18);4-6H2,1-3H3. The Hall–Kier alpha value is -1.41. The summed E-state index contributed by atoms with van der Waals surface area (Å²) in [5.74, 6) is 0.850. The first-order valence-corrected chi connectivity index (χ1v) is 10.5. The number of halogens is 2. The van der Waals surface area contributed by atoms with E-state index in [4.69, 9.17) is 4.84 Å². The predicted octanol–water partition coefficient (Wildman–Crippen LogP) is 5.25. The monoisotopic (exact) mass is 497 g/mol. The largest absolute Gasteiger partial charge is 0.506 e. The quantitative estimate of drug-likeness (QED) is 0.591. The number of rotatable bonds is 5. The molecule has 27 heavy (non-hydrogen) atoms. The van der Waals surface area contributed by atoms with Crippen LogP contribution in [-0.4, -0.2) is 35.5 Å². The minimum absolute atomic E-state index is 0.159. The zero-order valence-electron chi connectivity index (χ0n) is 15.7. The minimum Gasteiger partial charge on any atom is -0.506 e. The third-order valence-corrected chi connectivity index (χ3v) is 5.44. The van der Waals surface area contributed by atoms with Gasteiger partial charge in [-0.1, -0.05) is 51.1 Å². The first-order valence-electron chi connectivity index (χ1n) is 8.95. The Morgan fingerprint density at radius 3 is 2.07 bits per heavy atom. The summed E-state index contributed by atoms with van der Waals surface area (Å²) >= 11 is 6.60. The van der Waals surface area contributed by atoms with Crippen molar-refractivity contribution in [1.29, 1.82) is 0 Å². The van der Waals surface area contributed by atoms with Crippen LogP contribution in [0.4, 0.5) is 0 Å². The van der Waals surface area contributed by atoms with Gasteiger partial charge in [-0.3, -0.25) is 0 Å². The van der Waals surface area contributed by atoms with Gasteiger partial charge in [-0.15, -0.1) is 0 Å². The average molecular weight is 499 g/mol. The van der Waals surface area contributed by atoms with E-state index in [0.717, 1.165) is 11.1 Å². The molecule has 7 heteroatoms. The minimum atomic E-state index is -0.446. The van der Waals surface area contributed by atoms with Crippen molar-refractivity contribution in [3.8, 4) is 5.75 Å². The molecular weight excluding hydrogens is 474 g/mol. The number of hydrogen-bond donors (Lipinski definition) is 2. The Labute approximate surface area is 177 Å². The Kier molecular flexibility index (Phi) is 8.76. The smallest absolute Gasteiger partial charge is 0.202 e. The van der Waals surface area contributed by atoms with Gasteiger partial charge in [-0.05, 0) is 63.6 Å². The van der Waals surface area contributed by atoms with Crippen LogP contribution in [0.25, 0.3) is 0 Å². The van der Waals surface area contributed by atoms with Gasteiger partial charge in [0, 0.05) is 11.1 Å². The Morgan fingerprint density at radius 2 is 1.59 bits per heavy atom. The lowest BCUT2D eigenvalue weighted by Gasteiger charge is -2.13. The van der Waals surface area contributed by atoms with Crippen molar-refractivity contribution >= 4 is 37.7 Å². The van der Waals surface area contributed by atoms with Crippen LogP contribution in [-0.2, 0) is 4.84 Å². The zero-order valence-corrected chi connectivity index (χ0v) is 18.9. The number of nitrogens with one attached hydrogen (secondary N) is 1. The van der Waals surface area contributed by atoms with Crippen molar-refractivity contribution in [2.24, 2.45) is 4.99 Å². The van der Waals surface area contributed by atoms with E-state index >= 15 is 0 Å². The average Bonchev–Trinajstić information content (AvgIpc) is 3.19. The molecule has 1 unspecified atom stereocenters. The predicted molar refractivity (Wildman–Crippen MR) is 117 cm³/mol. The van der Waals surface area contributed by atoms with Gasteiger partial charge < -0.3 is 10.0 Å². The van der Waals surface area contributed by atoms with Crippen molar-refractivity contribution in [2.45, 2.75) is 27.0 Å². The zero-order chi connectivity index (χ0) is 19.8. The molecule has 2 N–H and O–H groups in total. The highest BCUT2D eigenvalue weighted by Gasteiger charge is 2.22. The summed E-state index contributed by atoms with van der Waals surface area (Å²) in [6, 6.07) is 13.3. The lowest BCUT2D eigenvalue weighted by atomic mass is 10.2. The topological polar surface area (TPSA) is 57.1 Å². The molecule has 2 aromatic carbocycles. The molecule has 1 atom stereocenters. The highest BCUT2D eigenvalue weighted by molar-refractivity contribution is 9.11. The number of phenolic OH excluding ortho intramolecular Hbond substituents is 1. The third-order valence-electron chi connectivity index (χ3n) is 4.23. The molecule has 0 radical (unpaired) electrons. The Bertz CT molecular complexity index is 737. The molecule has 0 bridgehead atoms. The van der Waals surface area contributed by atoms with Crippen LogP contribution in [0.5, 0.6) is 5.75 Å². The van der Waals surface area contributed by atoms with Crippen LogP contribution >= 0.6 is 31.9 Å². The molecule has 0 amide bonds. The number of aromatic hydroxyl groups is 1. The summed E-state index contributed by atoms with van der Waals surface area (Å²) in [5.41, 5.74) is 4.63. The van der Waals surface area contributed by atoms with Crippen LogP contribution in [0.2, 0.25) is 0 Å². The van der Waals surface area contributed by atoms with Gasteiger partial charge >= 0.3 is 0 Å². The number of benzene rings is 2. The highest BCUT2D eigenvalue weighted by atomic mass is 79.9. The SMILES string of the molecule is CCN(CC)CC.Oc1c(Br)cc(C2N=C(c3ccccc3)NO2)cc1Br. The number of hydrogen-bond acceptors (Lipinski definition) is 5. The summed E-state index contributed by atoms with van der Waals surface area (Å²) in [7, 11) is 0. The van der Waals surface area contributed by atoms with E-state index in [0.29, 0.717) is 14.8 Å². The highest BCUT2D eigenvalue weighted by Crippen LogP contribution is 2.36. The van der Waals surface area contributed by atoms with Crippen LogP contribution < -0.4 is 5.48 Å². The fourth-order valence-electron chi connectivity index (χ4n) is 2.55. The van der Waals surface area contributed by atoms with Crippen molar-refractivity contribution in [3.05, 3.63) is 62.5 Å². The summed E-state index contributed by atoms with van der Waals surface area (Å²) in [6.07, 6.45) is -0.446. The van der Waals surface area contributed by atoms with E-state index in [1.54, 1.807) is 12.1 Å². The molecule has 1 heterocycles. The van der Waals surface area contributed by atoms with Crippen molar-refractivity contribution in [1.82, 2.24) is 10.4 Å². The fourth-order valence-corrected chi connectivity index (χ4v) is 3.77. The maximum atomic E-state index is 9.72. The number of nitrogens with zero attached hydrogens (tertiary/aromatic N) is 2. The van der Waals surface area contributed by atoms with Gasteiger partial charge in [-0.2, -0.15) is 0 Å². The Morgan fingerprint density at radius 1 is 1.04 bits per heavy atom. The van der Waals surface area contributed by atoms with Gasteiger partial charge in [0.1, 0.15) is 5.75 Å². The van der Waals surface area contributed by atoms with Gasteiger partial charge in [0.05, 0.1) is 8.95 Å². The summed E-state index contributed by atoms with van der Waals surface area (Å²) in [4.78, 5) is 12.4. The second-order valence-corrected chi connectivity index (χ2v) is 7.58. The van der Waals surface area contributed by atoms with Gasteiger partial charge in [0.25, 0.3) is 0 Å². The van der Waals surface area contributed by atoms with Gasteiger partial charge in [-0.25, -0.2) is 15.3 Å². The number of hydroxylamine groups is 1. The van der Waals surface area contributed by atoms with Gasteiger partial charge in [0.15, 0.2) is 5.84 Å². The van der Waals surface area contributed by atoms with E-state index in [1.165, 1.54) is 19.6 Å². The van der Waals surface area contributed by atoms with Crippen LogP contribution in [0.1, 0.15) is 38.1 Å². The van der Waals surface area contributed by atoms with Crippen LogP contribution in [0, 0.1) is 0 Å². The number of aliphatic imine (C=N–C) groups is 1. The van der Waals surface area contributed by atoms with E-state index in [-0.39, 0.29) is 5.75 Å². The van der Waals surface area contributed by atoms with Gasteiger partial charge in [0.2, 0.25) is 6.23 Å². The van der Waals surface area contributed by atoms with E-state index in [9.17, 15) is 5.11 Å². The molecule has 1 aliphatic rings. The normalized spacial score (nSPS) is 15.8. The van der Waals surface area contributed by atoms with Crippen molar-refractivity contribution in [3.63, 3.8) is 0 Å². The van der Waals surface area contributed by atoms with Crippen LogP contribution in [0.15, 0.2) is 56.4 Å². The summed E-state index contributed by atoms with van der Waals surface area (Å²) < 4.78 is 1.18. The Balaban J connectivity index is 0.000000321. The van der Waals surface area contributed by atoms with Crippen molar-refractivity contribution < 1.29 is 9.94 Å². The molecule has 146 valence electrons. The molecule has 0 fully saturated rings. The lowest BCUT2D eigenvalue weighted by molar-refractivity contribution is 0.0376. The van der Waals surface area contributed by atoms with E-state index < -0.39 is 6.23 Å². The molecule has 0 aliphatic carbocycles. The molecule has 1 aliphatic heterocycles. The molecule has 2 aromatic rings. The molecule has 0 saturated carbocycles. The van der Waals surface area contributed by atoms with Crippen LogP contribution in [0.3, 0.4) is 0 Å². The fraction of sp³-hybridized carbons (Fsp3) is 0.350. The van der Waals surface area contributed by atoms with Crippen molar-refractivity contribution in [2.75, 3.05) is 19.6 Å². The van der Waals surface area contributed by atoms with E-state index in [1.807, 2.05) is 30.3 Å². The number of phenols is 1. The molecule has 0 spiro atoms. The second kappa shape index (κ2) is 10.8. The molecule has 0 aromatic heterocycles.